The summed E-state index contributed by atoms with van der Waals surface area (Å²) >= 11 is 0. The third-order valence-corrected chi connectivity index (χ3v) is 3.52. The zero-order chi connectivity index (χ0) is 15.4. The van der Waals surface area contributed by atoms with Crippen LogP contribution in [-0.4, -0.2) is 23.0 Å². The van der Waals surface area contributed by atoms with Crippen LogP contribution in [0.25, 0.3) is 0 Å². The second-order valence-corrected chi connectivity index (χ2v) is 5.54. The maximum absolute atomic E-state index is 13.5. The van der Waals surface area contributed by atoms with Gasteiger partial charge in [-0.15, -0.1) is 0 Å². The van der Waals surface area contributed by atoms with E-state index in [-0.39, 0.29) is 17.9 Å². The smallest absolute Gasteiger partial charge is 0.123 e. The Morgan fingerprint density at radius 1 is 1.24 bits per heavy atom. The quantitative estimate of drug-likeness (QED) is 0.919. The number of aromatic nitrogens is 1. The van der Waals surface area contributed by atoms with E-state index in [2.05, 4.69) is 9.88 Å². The third kappa shape index (κ3) is 4.09. The zero-order valence-electron chi connectivity index (χ0n) is 12.8. The summed E-state index contributed by atoms with van der Waals surface area (Å²) in [6.45, 7) is 4.58. The van der Waals surface area contributed by atoms with Gasteiger partial charge in [0, 0.05) is 24.3 Å². The molecule has 112 valence electrons. The highest BCUT2D eigenvalue weighted by atomic mass is 19.1. The lowest BCUT2D eigenvalue weighted by molar-refractivity contribution is 0.208. The average Bonchev–Trinajstić information content (AvgIpc) is 2.38. The molecule has 2 N–H and O–H groups in total. The van der Waals surface area contributed by atoms with Gasteiger partial charge in [0.25, 0.3) is 0 Å². The number of benzene rings is 1. The van der Waals surface area contributed by atoms with E-state index in [1.807, 2.05) is 45.2 Å². The Hall–Kier alpha value is -1.78. The first-order valence-electron chi connectivity index (χ1n) is 7.11. The van der Waals surface area contributed by atoms with Gasteiger partial charge in [-0.3, -0.25) is 9.88 Å². The normalized spacial score (nSPS) is 14.2. The predicted octanol–water partition coefficient (Wildman–Crippen LogP) is 3.05. The molecule has 3 nitrogen and oxygen atoms in total. The van der Waals surface area contributed by atoms with Crippen LogP contribution in [-0.2, 0) is 6.54 Å². The molecule has 2 rings (SSSR count). The minimum atomic E-state index is -0.236. The number of nitrogens with zero attached hydrogens (tertiary/aromatic N) is 2. The van der Waals surface area contributed by atoms with E-state index in [9.17, 15) is 4.39 Å². The van der Waals surface area contributed by atoms with Crippen molar-refractivity contribution in [1.82, 2.24) is 9.88 Å². The van der Waals surface area contributed by atoms with E-state index in [1.165, 1.54) is 6.07 Å². The van der Waals surface area contributed by atoms with Crippen LogP contribution < -0.4 is 5.73 Å². The fourth-order valence-corrected chi connectivity index (χ4v) is 2.69. The van der Waals surface area contributed by atoms with Crippen LogP contribution >= 0.6 is 0 Å². The average molecular weight is 287 g/mol. The number of aryl methyl sites for hydroxylation is 1. The van der Waals surface area contributed by atoms with Gasteiger partial charge >= 0.3 is 0 Å². The van der Waals surface area contributed by atoms with Crippen LogP contribution in [0.2, 0.25) is 0 Å². The molecule has 2 aromatic rings. The van der Waals surface area contributed by atoms with E-state index >= 15 is 0 Å². The van der Waals surface area contributed by atoms with Crippen LogP contribution in [0, 0.1) is 12.7 Å². The fraction of sp³-hybridized carbons (Fsp3) is 0.353. The molecule has 21 heavy (non-hydrogen) atoms. The molecule has 4 heteroatoms. The van der Waals surface area contributed by atoms with E-state index in [0.29, 0.717) is 6.54 Å². The maximum atomic E-state index is 13.5. The first-order valence-corrected chi connectivity index (χ1v) is 7.11. The van der Waals surface area contributed by atoms with Crippen molar-refractivity contribution < 1.29 is 4.39 Å². The van der Waals surface area contributed by atoms with Crippen LogP contribution in [0.3, 0.4) is 0 Å². The Morgan fingerprint density at radius 3 is 2.57 bits per heavy atom. The Balaban J connectivity index is 2.22. The topological polar surface area (TPSA) is 42.1 Å². The lowest BCUT2D eigenvalue weighted by Crippen LogP contribution is -2.37. The Morgan fingerprint density at radius 2 is 1.95 bits per heavy atom. The van der Waals surface area contributed by atoms with Gasteiger partial charge in [0.15, 0.2) is 0 Å². The number of hydrogen-bond donors (Lipinski definition) is 1. The van der Waals surface area contributed by atoms with Gasteiger partial charge in [-0.25, -0.2) is 4.39 Å². The summed E-state index contributed by atoms with van der Waals surface area (Å²) in [5.41, 5.74) is 8.98. The molecule has 0 radical (unpaired) electrons. The first-order chi connectivity index (χ1) is 9.97. The number of rotatable bonds is 5. The molecule has 2 unspecified atom stereocenters. The molecular formula is C17H22FN3. The van der Waals surface area contributed by atoms with Gasteiger partial charge < -0.3 is 5.73 Å². The second-order valence-electron chi connectivity index (χ2n) is 5.54. The Labute approximate surface area is 125 Å². The van der Waals surface area contributed by atoms with Crippen LogP contribution in [0.4, 0.5) is 4.39 Å². The molecule has 0 fully saturated rings. The number of likely N-dealkylation sites (N-methyl/N-ethyl adjacent to an activating group) is 1. The lowest BCUT2D eigenvalue weighted by Gasteiger charge is -2.31. The number of pyridine rings is 1. The summed E-state index contributed by atoms with van der Waals surface area (Å²) in [4.78, 5) is 6.62. The molecule has 0 aliphatic heterocycles. The van der Waals surface area contributed by atoms with Crippen LogP contribution in [0.1, 0.15) is 29.9 Å². The molecule has 1 heterocycles. The minimum absolute atomic E-state index is 0.0528. The molecule has 0 saturated heterocycles. The van der Waals surface area contributed by atoms with Crippen molar-refractivity contribution in [3.8, 4) is 0 Å². The largest absolute Gasteiger partial charge is 0.326 e. The monoisotopic (exact) mass is 287 g/mol. The third-order valence-electron chi connectivity index (χ3n) is 3.52. The van der Waals surface area contributed by atoms with Gasteiger partial charge in [0.2, 0.25) is 0 Å². The summed E-state index contributed by atoms with van der Waals surface area (Å²) in [5.74, 6) is -0.236. The lowest BCUT2D eigenvalue weighted by atomic mass is 9.99. The summed E-state index contributed by atoms with van der Waals surface area (Å²) in [7, 11) is 1.99. The highest BCUT2D eigenvalue weighted by Gasteiger charge is 2.22. The van der Waals surface area contributed by atoms with Crippen molar-refractivity contribution in [3.05, 3.63) is 65.2 Å². The van der Waals surface area contributed by atoms with Crippen LogP contribution in [0.15, 0.2) is 42.5 Å². The molecule has 0 aliphatic rings. The number of nitrogens with two attached hydrogens (primary N) is 1. The molecule has 2 atom stereocenters. The van der Waals surface area contributed by atoms with Gasteiger partial charge in [-0.1, -0.05) is 18.2 Å². The van der Waals surface area contributed by atoms with Gasteiger partial charge in [-0.2, -0.15) is 0 Å². The molecule has 0 aliphatic carbocycles. The molecule has 1 aromatic heterocycles. The molecule has 0 saturated carbocycles. The zero-order valence-corrected chi connectivity index (χ0v) is 12.8. The highest BCUT2D eigenvalue weighted by Crippen LogP contribution is 2.24. The van der Waals surface area contributed by atoms with Gasteiger partial charge in [0.05, 0.1) is 5.69 Å². The van der Waals surface area contributed by atoms with Gasteiger partial charge in [0.1, 0.15) is 5.82 Å². The van der Waals surface area contributed by atoms with Crippen molar-refractivity contribution in [2.45, 2.75) is 32.5 Å². The molecular weight excluding hydrogens is 265 g/mol. The van der Waals surface area contributed by atoms with E-state index < -0.39 is 0 Å². The van der Waals surface area contributed by atoms with E-state index in [0.717, 1.165) is 17.0 Å². The SMILES string of the molecule is Cc1cccc(CN(C)C(c2cccc(F)c2)C(C)N)n1. The van der Waals surface area contributed by atoms with Crippen molar-refractivity contribution in [3.63, 3.8) is 0 Å². The fourth-order valence-electron chi connectivity index (χ4n) is 2.69. The summed E-state index contributed by atoms with van der Waals surface area (Å²) < 4.78 is 13.5. The van der Waals surface area contributed by atoms with Crippen molar-refractivity contribution in [2.75, 3.05) is 7.05 Å². The van der Waals surface area contributed by atoms with Crippen molar-refractivity contribution in [2.24, 2.45) is 5.73 Å². The maximum Gasteiger partial charge on any atom is 0.123 e. The molecule has 0 amide bonds. The van der Waals surface area contributed by atoms with Crippen molar-refractivity contribution in [1.29, 1.82) is 0 Å². The minimum Gasteiger partial charge on any atom is -0.326 e. The molecule has 0 spiro atoms. The predicted molar refractivity (Wildman–Crippen MR) is 83.2 cm³/mol. The van der Waals surface area contributed by atoms with Crippen LogP contribution in [0.5, 0.6) is 0 Å². The van der Waals surface area contributed by atoms with E-state index in [4.69, 9.17) is 5.73 Å². The first kappa shape index (κ1) is 15.6. The van der Waals surface area contributed by atoms with Crippen molar-refractivity contribution >= 4 is 0 Å². The van der Waals surface area contributed by atoms with E-state index in [1.54, 1.807) is 12.1 Å². The standard InChI is InChI=1S/C17H22FN3/c1-12-6-4-9-16(20-12)11-21(3)17(13(2)19)14-7-5-8-15(18)10-14/h4-10,13,17H,11,19H2,1-3H3. The number of halogens is 1. The Kier molecular flexibility index (Phi) is 5.04. The number of hydrogen-bond acceptors (Lipinski definition) is 3. The highest BCUT2D eigenvalue weighted by molar-refractivity contribution is 5.22. The summed E-state index contributed by atoms with van der Waals surface area (Å²) in [6.07, 6.45) is 0. The molecule has 0 bridgehead atoms. The summed E-state index contributed by atoms with van der Waals surface area (Å²) in [6, 6.07) is 12.4. The van der Waals surface area contributed by atoms with Gasteiger partial charge in [-0.05, 0) is 50.7 Å². The summed E-state index contributed by atoms with van der Waals surface area (Å²) in [5, 5.41) is 0. The Bertz CT molecular complexity index is 598. The second kappa shape index (κ2) is 6.78. The molecule has 1 aromatic carbocycles.